The van der Waals surface area contributed by atoms with E-state index in [1.54, 1.807) is 0 Å². The van der Waals surface area contributed by atoms with Crippen LogP contribution in [0.5, 0.6) is 0 Å². The summed E-state index contributed by atoms with van der Waals surface area (Å²) >= 11 is 2.28. The molecule has 0 unspecified atom stereocenters. The van der Waals surface area contributed by atoms with Gasteiger partial charge in [0.1, 0.15) is 0 Å². The van der Waals surface area contributed by atoms with Crippen molar-refractivity contribution >= 4 is 22.6 Å². The van der Waals surface area contributed by atoms with Gasteiger partial charge < -0.3 is 0 Å². The Kier molecular flexibility index (Phi) is 5.12. The molecule has 46 valence electrons. The maximum absolute atomic E-state index is 6.00. The monoisotopic (exact) mass is 232 g/mol. The van der Waals surface area contributed by atoms with Crippen molar-refractivity contribution in [3.63, 3.8) is 0 Å². The summed E-state index contributed by atoms with van der Waals surface area (Å²) in [7, 11) is 0. The van der Waals surface area contributed by atoms with E-state index in [4.69, 9.17) is 10.8 Å². The second kappa shape index (κ2) is 5.51. The van der Waals surface area contributed by atoms with Gasteiger partial charge in [-0.05, 0) is 34.7 Å². The molecule has 0 aliphatic rings. The third-order valence-corrected chi connectivity index (χ3v) is 1.45. The number of rotatable bonds is 0. The van der Waals surface area contributed by atoms with Crippen molar-refractivity contribution in [2.75, 3.05) is 0 Å². The molecule has 0 aromatic heterocycles. The molecule has 0 saturated carbocycles. The van der Waals surface area contributed by atoms with Gasteiger partial charge >= 0.3 is 0 Å². The predicted octanol–water partition coefficient (Wildman–Crippen LogP) is 2.32. The van der Waals surface area contributed by atoms with Crippen LogP contribution in [0.25, 0.3) is 0 Å². The molecule has 1 aromatic rings. The standard InChI is InChI=1S/C6H5I.N2/c7-6-4-2-1-3-5-6;1-2/h1-5H;. The summed E-state index contributed by atoms with van der Waals surface area (Å²) in [4.78, 5) is 0. The molecule has 0 N–H and O–H groups in total. The maximum atomic E-state index is 6.00. The number of hydrogen-bond donors (Lipinski definition) is 0. The quantitative estimate of drug-likeness (QED) is 0.509. The van der Waals surface area contributed by atoms with Crippen molar-refractivity contribution < 1.29 is 0 Å². The Balaban J connectivity index is 0.000000291. The fourth-order valence-corrected chi connectivity index (χ4v) is 0.830. The molecular formula is C6H5IN2. The first-order valence-electron chi connectivity index (χ1n) is 2.30. The van der Waals surface area contributed by atoms with Gasteiger partial charge in [-0.2, -0.15) is 0 Å². The zero-order chi connectivity index (χ0) is 7.11. The molecule has 1 aromatic carbocycles. The summed E-state index contributed by atoms with van der Waals surface area (Å²) in [6.45, 7) is 0. The molecule has 0 amide bonds. The molecular weight excluding hydrogens is 227 g/mol. The highest BCUT2D eigenvalue weighted by Gasteiger charge is 1.74. The summed E-state index contributed by atoms with van der Waals surface area (Å²) in [5.74, 6) is 0. The predicted molar refractivity (Wildman–Crippen MR) is 42.6 cm³/mol. The molecule has 9 heavy (non-hydrogen) atoms. The van der Waals surface area contributed by atoms with Gasteiger partial charge in [0.15, 0.2) is 0 Å². The van der Waals surface area contributed by atoms with Crippen LogP contribution in [0.4, 0.5) is 0 Å². The largest absolute Gasteiger partial charge is 0.0622 e. The lowest BCUT2D eigenvalue weighted by Gasteiger charge is -1.80. The van der Waals surface area contributed by atoms with E-state index in [1.165, 1.54) is 3.57 Å². The molecule has 0 heterocycles. The Hall–Kier alpha value is -0.630. The van der Waals surface area contributed by atoms with Crippen molar-refractivity contribution in [2.24, 2.45) is 0 Å². The van der Waals surface area contributed by atoms with Crippen LogP contribution in [0, 0.1) is 14.4 Å². The molecule has 0 aliphatic heterocycles. The smallest absolute Gasteiger partial charge is 0.0130 e. The molecule has 0 atom stereocenters. The minimum Gasteiger partial charge on any atom is -0.0622 e. The van der Waals surface area contributed by atoms with E-state index < -0.39 is 0 Å². The highest BCUT2D eigenvalue weighted by atomic mass is 127. The van der Waals surface area contributed by atoms with E-state index in [2.05, 4.69) is 34.7 Å². The lowest BCUT2D eigenvalue weighted by molar-refractivity contribution is 1.15. The van der Waals surface area contributed by atoms with Gasteiger partial charge in [0.2, 0.25) is 0 Å². The first-order chi connectivity index (χ1) is 4.39. The van der Waals surface area contributed by atoms with E-state index in [1.807, 2.05) is 18.2 Å². The van der Waals surface area contributed by atoms with Crippen molar-refractivity contribution in [1.82, 2.24) is 0 Å². The van der Waals surface area contributed by atoms with Gasteiger partial charge in [0.05, 0.1) is 0 Å². The van der Waals surface area contributed by atoms with E-state index in [0.717, 1.165) is 0 Å². The van der Waals surface area contributed by atoms with E-state index in [0.29, 0.717) is 0 Å². The van der Waals surface area contributed by atoms with Crippen LogP contribution < -0.4 is 0 Å². The Morgan fingerprint density at radius 1 is 1.00 bits per heavy atom. The summed E-state index contributed by atoms with van der Waals surface area (Å²) in [6.07, 6.45) is 0. The van der Waals surface area contributed by atoms with Crippen LogP contribution in [0.2, 0.25) is 0 Å². The SMILES string of the molecule is Ic1ccccc1.N#N. The van der Waals surface area contributed by atoms with Crippen LogP contribution in [0.3, 0.4) is 0 Å². The van der Waals surface area contributed by atoms with Crippen molar-refractivity contribution in [2.45, 2.75) is 0 Å². The first-order valence-corrected chi connectivity index (χ1v) is 3.38. The van der Waals surface area contributed by atoms with Gasteiger partial charge in [-0.25, -0.2) is 0 Å². The molecule has 0 spiro atoms. The second-order valence-corrected chi connectivity index (χ2v) is 2.54. The summed E-state index contributed by atoms with van der Waals surface area (Å²) in [5.41, 5.74) is 0. The molecule has 0 fully saturated rings. The molecule has 1 rings (SSSR count). The summed E-state index contributed by atoms with van der Waals surface area (Å²) in [6, 6.07) is 10.2. The molecule has 0 bridgehead atoms. The van der Waals surface area contributed by atoms with Gasteiger partial charge in [-0.3, -0.25) is 0 Å². The Morgan fingerprint density at radius 3 is 1.67 bits per heavy atom. The van der Waals surface area contributed by atoms with Gasteiger partial charge in [0, 0.05) is 14.4 Å². The minimum atomic E-state index is 1.29. The fraction of sp³-hybridized carbons (Fsp3) is 0. The van der Waals surface area contributed by atoms with E-state index >= 15 is 0 Å². The topological polar surface area (TPSA) is 47.6 Å². The number of hydrogen-bond acceptors (Lipinski definition) is 2. The molecule has 0 radical (unpaired) electrons. The zero-order valence-corrected chi connectivity index (χ0v) is 6.82. The molecule has 2 nitrogen and oxygen atoms in total. The van der Waals surface area contributed by atoms with Crippen LogP contribution in [-0.4, -0.2) is 0 Å². The number of nitrogens with zero attached hydrogens (tertiary/aromatic N) is 2. The summed E-state index contributed by atoms with van der Waals surface area (Å²) < 4.78 is 1.29. The maximum Gasteiger partial charge on any atom is 0.0130 e. The average molecular weight is 232 g/mol. The highest BCUT2D eigenvalue weighted by molar-refractivity contribution is 14.1. The van der Waals surface area contributed by atoms with Gasteiger partial charge in [-0.1, -0.05) is 18.2 Å². The highest BCUT2D eigenvalue weighted by Crippen LogP contribution is 1.99. The Morgan fingerprint density at radius 2 is 1.44 bits per heavy atom. The van der Waals surface area contributed by atoms with Crippen molar-refractivity contribution in [3.8, 4) is 0 Å². The minimum absolute atomic E-state index is 1.29. The Labute approximate surface area is 67.4 Å². The van der Waals surface area contributed by atoms with Crippen molar-refractivity contribution in [3.05, 3.63) is 33.9 Å². The fourth-order valence-electron chi connectivity index (χ4n) is 0.415. The third kappa shape index (κ3) is 3.91. The first kappa shape index (κ1) is 8.37. The van der Waals surface area contributed by atoms with Gasteiger partial charge in [0.25, 0.3) is 0 Å². The lowest BCUT2D eigenvalue weighted by atomic mass is 10.4. The molecule has 0 aliphatic carbocycles. The molecule has 0 saturated heterocycles. The zero-order valence-electron chi connectivity index (χ0n) is 4.66. The normalized spacial score (nSPS) is 7.00. The third-order valence-electron chi connectivity index (χ3n) is 0.733. The number of halogens is 1. The van der Waals surface area contributed by atoms with E-state index in [-0.39, 0.29) is 0 Å². The second-order valence-electron chi connectivity index (χ2n) is 1.30. The van der Waals surface area contributed by atoms with Crippen LogP contribution in [-0.2, 0) is 0 Å². The lowest BCUT2D eigenvalue weighted by Crippen LogP contribution is -1.61. The average Bonchev–Trinajstić information content (AvgIpc) is 1.94. The van der Waals surface area contributed by atoms with Crippen LogP contribution in [0.15, 0.2) is 30.3 Å². The Bertz CT molecular complexity index is 171. The van der Waals surface area contributed by atoms with Crippen molar-refractivity contribution in [1.29, 1.82) is 10.8 Å². The van der Waals surface area contributed by atoms with Gasteiger partial charge in [-0.15, -0.1) is 0 Å². The summed E-state index contributed by atoms with van der Waals surface area (Å²) in [5, 5.41) is 12.0. The number of benzene rings is 1. The van der Waals surface area contributed by atoms with E-state index in [9.17, 15) is 0 Å². The van der Waals surface area contributed by atoms with Crippen LogP contribution >= 0.6 is 22.6 Å². The molecule has 3 heteroatoms. The van der Waals surface area contributed by atoms with Crippen LogP contribution in [0.1, 0.15) is 0 Å².